The lowest BCUT2D eigenvalue weighted by Gasteiger charge is -2.32. The van der Waals surface area contributed by atoms with Crippen LogP contribution in [-0.2, 0) is 6.54 Å². The number of anilines is 1. The van der Waals surface area contributed by atoms with Gasteiger partial charge in [0.05, 0.1) is 5.69 Å². The Morgan fingerprint density at radius 1 is 1.60 bits per heavy atom. The predicted octanol–water partition coefficient (Wildman–Crippen LogP) is 1.01. The Kier molecular flexibility index (Phi) is 2.95. The van der Waals surface area contributed by atoms with Crippen LogP contribution in [0.3, 0.4) is 0 Å². The normalized spacial score (nSPS) is 22.1. The summed E-state index contributed by atoms with van der Waals surface area (Å²) in [6.45, 7) is 10.6. The zero-order valence-corrected chi connectivity index (χ0v) is 9.82. The zero-order valence-electron chi connectivity index (χ0n) is 9.82. The number of hydrogen-bond donors (Lipinski definition) is 1. The average Bonchev–Trinajstić information content (AvgIpc) is 2.59. The highest BCUT2D eigenvalue weighted by atomic mass is 15.3. The van der Waals surface area contributed by atoms with Crippen molar-refractivity contribution in [1.82, 2.24) is 14.9 Å². The number of nitrogens with zero attached hydrogens (tertiary/aromatic N) is 3. The van der Waals surface area contributed by atoms with E-state index < -0.39 is 0 Å². The van der Waals surface area contributed by atoms with Gasteiger partial charge in [-0.3, -0.25) is 0 Å². The molecule has 0 amide bonds. The third-order valence-electron chi connectivity index (χ3n) is 2.87. The summed E-state index contributed by atoms with van der Waals surface area (Å²) in [6, 6.07) is 0.557. The van der Waals surface area contributed by atoms with Gasteiger partial charge < -0.3 is 14.8 Å². The van der Waals surface area contributed by atoms with Crippen molar-refractivity contribution in [1.29, 1.82) is 0 Å². The van der Waals surface area contributed by atoms with Gasteiger partial charge in [-0.1, -0.05) is 0 Å². The third kappa shape index (κ3) is 2.15. The molecular formula is C11H20N4. The fourth-order valence-corrected chi connectivity index (χ4v) is 2.13. The van der Waals surface area contributed by atoms with Gasteiger partial charge in [0.2, 0.25) is 5.95 Å². The SMILES string of the molecule is CCn1cc(C)nc1N1CCN[C@H](C)C1. The molecule has 2 rings (SSSR count). The third-order valence-corrected chi connectivity index (χ3v) is 2.87. The van der Waals surface area contributed by atoms with Crippen LogP contribution in [0.1, 0.15) is 19.5 Å². The lowest BCUT2D eigenvalue weighted by molar-refractivity contribution is 0.474. The van der Waals surface area contributed by atoms with Crippen LogP contribution in [0.5, 0.6) is 0 Å². The van der Waals surface area contributed by atoms with Gasteiger partial charge in [-0.25, -0.2) is 4.98 Å². The number of imidazole rings is 1. The highest BCUT2D eigenvalue weighted by Gasteiger charge is 2.19. The molecule has 1 aliphatic heterocycles. The Balaban J connectivity index is 2.19. The molecule has 0 saturated carbocycles. The summed E-state index contributed by atoms with van der Waals surface area (Å²) >= 11 is 0. The van der Waals surface area contributed by atoms with E-state index in [0.717, 1.165) is 37.8 Å². The molecule has 1 aromatic heterocycles. The van der Waals surface area contributed by atoms with E-state index in [1.165, 1.54) is 0 Å². The minimum Gasteiger partial charge on any atom is -0.339 e. The van der Waals surface area contributed by atoms with E-state index in [1.54, 1.807) is 0 Å². The molecule has 1 saturated heterocycles. The van der Waals surface area contributed by atoms with Crippen molar-refractivity contribution in [2.24, 2.45) is 0 Å². The molecule has 1 atom stereocenters. The van der Waals surface area contributed by atoms with Crippen LogP contribution >= 0.6 is 0 Å². The van der Waals surface area contributed by atoms with E-state index in [1.807, 2.05) is 0 Å². The standard InChI is InChI=1S/C11H20N4/c1-4-14-8-10(3)13-11(14)15-6-5-12-9(2)7-15/h8-9,12H,4-7H2,1-3H3/t9-/m1/s1. The van der Waals surface area contributed by atoms with E-state index in [-0.39, 0.29) is 0 Å². The Morgan fingerprint density at radius 3 is 3.07 bits per heavy atom. The van der Waals surface area contributed by atoms with Crippen molar-refractivity contribution in [3.63, 3.8) is 0 Å². The molecule has 4 heteroatoms. The number of aromatic nitrogens is 2. The van der Waals surface area contributed by atoms with Crippen molar-refractivity contribution in [3.05, 3.63) is 11.9 Å². The molecule has 1 N–H and O–H groups in total. The summed E-state index contributed by atoms with van der Waals surface area (Å²) in [6.07, 6.45) is 2.13. The van der Waals surface area contributed by atoms with Crippen molar-refractivity contribution < 1.29 is 0 Å². The first-order valence-electron chi connectivity index (χ1n) is 5.72. The fourth-order valence-electron chi connectivity index (χ4n) is 2.13. The van der Waals surface area contributed by atoms with Crippen LogP contribution in [-0.4, -0.2) is 35.2 Å². The minimum absolute atomic E-state index is 0.557. The van der Waals surface area contributed by atoms with Crippen molar-refractivity contribution in [3.8, 4) is 0 Å². The van der Waals surface area contributed by atoms with Gasteiger partial charge in [-0.2, -0.15) is 0 Å². The van der Waals surface area contributed by atoms with Gasteiger partial charge >= 0.3 is 0 Å². The predicted molar refractivity (Wildman–Crippen MR) is 62.3 cm³/mol. The average molecular weight is 208 g/mol. The Morgan fingerprint density at radius 2 is 2.40 bits per heavy atom. The summed E-state index contributed by atoms with van der Waals surface area (Å²) in [5, 5.41) is 3.45. The van der Waals surface area contributed by atoms with Gasteiger partial charge in [0.25, 0.3) is 0 Å². The molecule has 1 aliphatic rings. The van der Waals surface area contributed by atoms with E-state index >= 15 is 0 Å². The smallest absolute Gasteiger partial charge is 0.205 e. The fraction of sp³-hybridized carbons (Fsp3) is 0.727. The van der Waals surface area contributed by atoms with Crippen LogP contribution in [0.15, 0.2) is 6.20 Å². The Hall–Kier alpha value is -1.03. The summed E-state index contributed by atoms with van der Waals surface area (Å²) in [7, 11) is 0. The maximum absolute atomic E-state index is 4.60. The Labute approximate surface area is 91.3 Å². The van der Waals surface area contributed by atoms with Crippen LogP contribution in [0, 0.1) is 6.92 Å². The first kappa shape index (κ1) is 10.5. The number of hydrogen-bond acceptors (Lipinski definition) is 3. The summed E-state index contributed by atoms with van der Waals surface area (Å²) in [5.74, 6) is 1.13. The minimum atomic E-state index is 0.557. The molecule has 4 nitrogen and oxygen atoms in total. The second kappa shape index (κ2) is 4.23. The number of piperazine rings is 1. The van der Waals surface area contributed by atoms with E-state index in [4.69, 9.17) is 0 Å². The van der Waals surface area contributed by atoms with E-state index in [9.17, 15) is 0 Å². The maximum Gasteiger partial charge on any atom is 0.205 e. The van der Waals surface area contributed by atoms with Crippen LogP contribution in [0.2, 0.25) is 0 Å². The summed E-state index contributed by atoms with van der Waals surface area (Å²) < 4.78 is 2.23. The van der Waals surface area contributed by atoms with E-state index in [0.29, 0.717) is 6.04 Å². The molecule has 84 valence electrons. The second-order valence-electron chi connectivity index (χ2n) is 4.27. The topological polar surface area (TPSA) is 33.1 Å². The molecule has 2 heterocycles. The van der Waals surface area contributed by atoms with Crippen molar-refractivity contribution in [2.45, 2.75) is 33.4 Å². The van der Waals surface area contributed by atoms with Crippen LogP contribution in [0.25, 0.3) is 0 Å². The molecule has 0 bridgehead atoms. The number of nitrogens with one attached hydrogen (secondary N) is 1. The van der Waals surface area contributed by atoms with Gasteiger partial charge in [0.15, 0.2) is 0 Å². The molecule has 0 aliphatic carbocycles. The molecule has 0 spiro atoms. The maximum atomic E-state index is 4.60. The zero-order chi connectivity index (χ0) is 10.8. The highest BCUT2D eigenvalue weighted by molar-refractivity contribution is 5.34. The van der Waals surface area contributed by atoms with E-state index in [2.05, 4.69) is 46.7 Å². The highest BCUT2D eigenvalue weighted by Crippen LogP contribution is 2.15. The lowest BCUT2D eigenvalue weighted by atomic mass is 10.2. The number of aryl methyl sites for hydroxylation is 2. The van der Waals surface area contributed by atoms with Crippen molar-refractivity contribution in [2.75, 3.05) is 24.5 Å². The van der Waals surface area contributed by atoms with Crippen LogP contribution in [0.4, 0.5) is 5.95 Å². The molecule has 0 radical (unpaired) electrons. The summed E-state index contributed by atoms with van der Waals surface area (Å²) in [5.41, 5.74) is 1.11. The lowest BCUT2D eigenvalue weighted by Crippen LogP contribution is -2.50. The first-order chi connectivity index (χ1) is 7.20. The van der Waals surface area contributed by atoms with Gasteiger partial charge in [0, 0.05) is 38.4 Å². The van der Waals surface area contributed by atoms with Gasteiger partial charge in [-0.15, -0.1) is 0 Å². The van der Waals surface area contributed by atoms with Gasteiger partial charge in [-0.05, 0) is 20.8 Å². The molecule has 1 aromatic rings. The van der Waals surface area contributed by atoms with Gasteiger partial charge in [0.1, 0.15) is 0 Å². The first-order valence-corrected chi connectivity index (χ1v) is 5.72. The summed E-state index contributed by atoms with van der Waals surface area (Å²) in [4.78, 5) is 6.97. The van der Waals surface area contributed by atoms with Crippen LogP contribution < -0.4 is 10.2 Å². The molecule has 0 aromatic carbocycles. The molecule has 1 fully saturated rings. The number of rotatable bonds is 2. The quantitative estimate of drug-likeness (QED) is 0.787. The molecule has 15 heavy (non-hydrogen) atoms. The second-order valence-corrected chi connectivity index (χ2v) is 4.27. The van der Waals surface area contributed by atoms with Crippen molar-refractivity contribution >= 4 is 5.95 Å². The monoisotopic (exact) mass is 208 g/mol. The molecular weight excluding hydrogens is 188 g/mol. The largest absolute Gasteiger partial charge is 0.339 e. The molecule has 0 unspecified atom stereocenters. The Bertz CT molecular complexity index is 331.